The van der Waals surface area contributed by atoms with Crippen LogP contribution in [0, 0.1) is 6.92 Å². The Labute approximate surface area is 192 Å². The summed E-state index contributed by atoms with van der Waals surface area (Å²) in [5.74, 6) is 0.783. The van der Waals surface area contributed by atoms with E-state index in [2.05, 4.69) is 15.4 Å². The molecule has 3 aromatic rings. The maximum atomic E-state index is 12.8. The van der Waals surface area contributed by atoms with Gasteiger partial charge in [0.25, 0.3) is 10.0 Å². The van der Waals surface area contributed by atoms with Gasteiger partial charge in [0, 0.05) is 22.9 Å². The predicted molar refractivity (Wildman–Crippen MR) is 129 cm³/mol. The normalized spacial score (nSPS) is 10.9. The summed E-state index contributed by atoms with van der Waals surface area (Å²) < 4.78 is 33.2. The molecule has 3 N–H and O–H groups in total. The van der Waals surface area contributed by atoms with E-state index in [0.717, 1.165) is 16.9 Å². The standard InChI is InChI=1S/C22H22ClN3O3S2/c1-15-3-12-20(31(27,28)26-18-8-6-17(23)7-9-18)13-21(15)25-22(30)24-14-16-4-10-19(29-2)11-5-16/h3-13,26H,14H2,1-2H3,(H2,24,25,30). The summed E-state index contributed by atoms with van der Waals surface area (Å²) >= 11 is 11.2. The van der Waals surface area contributed by atoms with Gasteiger partial charge in [-0.15, -0.1) is 0 Å². The highest BCUT2D eigenvalue weighted by molar-refractivity contribution is 7.92. The van der Waals surface area contributed by atoms with Gasteiger partial charge < -0.3 is 15.4 Å². The maximum Gasteiger partial charge on any atom is 0.261 e. The summed E-state index contributed by atoms with van der Waals surface area (Å²) in [5.41, 5.74) is 2.92. The molecule has 0 atom stereocenters. The number of anilines is 2. The molecule has 0 heterocycles. The van der Waals surface area contributed by atoms with Crippen molar-refractivity contribution in [2.24, 2.45) is 0 Å². The van der Waals surface area contributed by atoms with Crippen molar-refractivity contribution in [3.05, 3.63) is 82.9 Å². The van der Waals surface area contributed by atoms with E-state index in [1.807, 2.05) is 31.2 Å². The van der Waals surface area contributed by atoms with Gasteiger partial charge in [-0.05, 0) is 78.8 Å². The Hall–Kier alpha value is -2.81. The van der Waals surface area contributed by atoms with Crippen LogP contribution in [0.4, 0.5) is 11.4 Å². The van der Waals surface area contributed by atoms with Gasteiger partial charge in [0.05, 0.1) is 12.0 Å². The zero-order valence-electron chi connectivity index (χ0n) is 17.0. The number of methoxy groups -OCH3 is 1. The fourth-order valence-electron chi connectivity index (χ4n) is 2.73. The van der Waals surface area contributed by atoms with Crippen LogP contribution in [0.15, 0.2) is 71.6 Å². The maximum absolute atomic E-state index is 12.8. The van der Waals surface area contributed by atoms with Crippen LogP contribution >= 0.6 is 23.8 Å². The topological polar surface area (TPSA) is 79.5 Å². The van der Waals surface area contributed by atoms with Gasteiger partial charge in [-0.25, -0.2) is 8.42 Å². The number of nitrogens with one attached hydrogen (secondary N) is 3. The minimum absolute atomic E-state index is 0.119. The fraction of sp³-hybridized carbons (Fsp3) is 0.136. The molecule has 9 heteroatoms. The van der Waals surface area contributed by atoms with Crippen LogP contribution in [0.5, 0.6) is 5.75 Å². The Morgan fingerprint density at radius 1 is 1.03 bits per heavy atom. The number of halogens is 1. The Morgan fingerprint density at radius 2 is 1.71 bits per heavy atom. The van der Waals surface area contributed by atoms with Gasteiger partial charge in [-0.2, -0.15) is 0 Å². The van der Waals surface area contributed by atoms with Gasteiger partial charge in [0.1, 0.15) is 5.75 Å². The lowest BCUT2D eigenvalue weighted by atomic mass is 10.2. The largest absolute Gasteiger partial charge is 0.497 e. The molecular formula is C22H22ClN3O3S2. The third kappa shape index (κ3) is 6.33. The molecule has 0 aliphatic rings. The fourth-order valence-corrected chi connectivity index (χ4v) is 4.12. The van der Waals surface area contributed by atoms with Gasteiger partial charge >= 0.3 is 0 Å². The molecule has 6 nitrogen and oxygen atoms in total. The van der Waals surface area contributed by atoms with Crippen molar-refractivity contribution >= 4 is 50.3 Å². The van der Waals surface area contributed by atoms with Crippen molar-refractivity contribution in [3.63, 3.8) is 0 Å². The van der Waals surface area contributed by atoms with Crippen molar-refractivity contribution in [2.75, 3.05) is 17.1 Å². The molecule has 0 bridgehead atoms. The van der Waals surface area contributed by atoms with Crippen LogP contribution in [0.1, 0.15) is 11.1 Å². The molecule has 31 heavy (non-hydrogen) atoms. The minimum Gasteiger partial charge on any atom is -0.497 e. The van der Waals surface area contributed by atoms with Crippen LogP contribution in [0.2, 0.25) is 5.02 Å². The summed E-state index contributed by atoms with van der Waals surface area (Å²) in [6.07, 6.45) is 0. The first-order chi connectivity index (χ1) is 14.8. The van der Waals surface area contributed by atoms with E-state index in [0.29, 0.717) is 28.1 Å². The van der Waals surface area contributed by atoms with Crippen molar-refractivity contribution < 1.29 is 13.2 Å². The average molecular weight is 476 g/mol. The Bertz CT molecular complexity index is 1170. The zero-order chi connectivity index (χ0) is 22.4. The number of hydrogen-bond donors (Lipinski definition) is 3. The van der Waals surface area contributed by atoms with Crippen molar-refractivity contribution in [1.82, 2.24) is 5.32 Å². The number of hydrogen-bond acceptors (Lipinski definition) is 4. The number of sulfonamides is 1. The highest BCUT2D eigenvalue weighted by Crippen LogP contribution is 2.23. The zero-order valence-corrected chi connectivity index (χ0v) is 19.4. The average Bonchev–Trinajstić information content (AvgIpc) is 2.75. The Kier molecular flexibility index (Phi) is 7.37. The first-order valence-electron chi connectivity index (χ1n) is 9.33. The molecule has 0 amide bonds. The summed E-state index contributed by atoms with van der Waals surface area (Å²) in [6.45, 7) is 2.39. The van der Waals surface area contributed by atoms with E-state index in [9.17, 15) is 8.42 Å². The smallest absolute Gasteiger partial charge is 0.261 e. The number of benzene rings is 3. The quantitative estimate of drug-likeness (QED) is 0.420. The summed E-state index contributed by atoms with van der Waals surface area (Å²) in [4.78, 5) is 0.119. The van der Waals surface area contributed by atoms with Crippen molar-refractivity contribution in [2.45, 2.75) is 18.4 Å². The van der Waals surface area contributed by atoms with Gasteiger partial charge in [-0.1, -0.05) is 29.8 Å². The molecule has 0 unspecified atom stereocenters. The van der Waals surface area contributed by atoms with Crippen LogP contribution in [-0.4, -0.2) is 20.6 Å². The molecule has 0 aromatic heterocycles. The van der Waals surface area contributed by atoms with Crippen LogP contribution < -0.4 is 20.1 Å². The molecule has 0 aliphatic carbocycles. The molecule has 162 valence electrons. The third-order valence-electron chi connectivity index (χ3n) is 4.48. The number of aryl methyl sites for hydroxylation is 1. The van der Waals surface area contributed by atoms with Crippen LogP contribution in [-0.2, 0) is 16.6 Å². The molecule has 0 aliphatic heterocycles. The van der Waals surface area contributed by atoms with Gasteiger partial charge in [0.15, 0.2) is 5.11 Å². The first kappa shape index (κ1) is 22.9. The van der Waals surface area contributed by atoms with E-state index >= 15 is 0 Å². The van der Waals surface area contributed by atoms with E-state index < -0.39 is 10.0 Å². The lowest BCUT2D eigenvalue weighted by molar-refractivity contribution is 0.414. The van der Waals surface area contributed by atoms with Crippen LogP contribution in [0.25, 0.3) is 0 Å². The predicted octanol–water partition coefficient (Wildman–Crippen LogP) is 4.94. The Morgan fingerprint density at radius 3 is 2.35 bits per heavy atom. The number of ether oxygens (including phenoxy) is 1. The minimum atomic E-state index is -3.77. The van der Waals surface area contributed by atoms with Gasteiger partial charge in [-0.3, -0.25) is 4.72 Å². The molecule has 3 rings (SSSR count). The lowest BCUT2D eigenvalue weighted by Gasteiger charge is -2.15. The summed E-state index contributed by atoms with van der Waals surface area (Å²) in [5, 5.41) is 7.11. The van der Waals surface area contributed by atoms with Gasteiger partial charge in [0.2, 0.25) is 0 Å². The molecule has 3 aromatic carbocycles. The van der Waals surface area contributed by atoms with E-state index in [-0.39, 0.29) is 4.90 Å². The molecule has 0 radical (unpaired) electrons. The molecule has 0 fully saturated rings. The molecular weight excluding hydrogens is 454 g/mol. The second kappa shape index (κ2) is 10.00. The summed E-state index contributed by atoms with van der Waals surface area (Å²) in [6, 6.07) is 18.9. The second-order valence-electron chi connectivity index (χ2n) is 6.74. The van der Waals surface area contributed by atoms with E-state index in [1.165, 1.54) is 0 Å². The highest BCUT2D eigenvalue weighted by atomic mass is 35.5. The monoisotopic (exact) mass is 475 g/mol. The lowest BCUT2D eigenvalue weighted by Crippen LogP contribution is -2.28. The van der Waals surface area contributed by atoms with Crippen molar-refractivity contribution in [3.8, 4) is 5.75 Å². The van der Waals surface area contributed by atoms with Crippen molar-refractivity contribution in [1.29, 1.82) is 0 Å². The van der Waals surface area contributed by atoms with Crippen LogP contribution in [0.3, 0.4) is 0 Å². The Balaban J connectivity index is 1.68. The third-order valence-corrected chi connectivity index (χ3v) is 6.35. The molecule has 0 spiro atoms. The second-order valence-corrected chi connectivity index (χ2v) is 9.27. The first-order valence-corrected chi connectivity index (χ1v) is 11.6. The summed E-state index contributed by atoms with van der Waals surface area (Å²) in [7, 11) is -2.15. The van der Waals surface area contributed by atoms with E-state index in [4.69, 9.17) is 28.6 Å². The highest BCUT2D eigenvalue weighted by Gasteiger charge is 2.16. The number of thiocarbonyl (C=S) groups is 1. The SMILES string of the molecule is COc1ccc(CNC(=S)Nc2cc(S(=O)(=O)Nc3ccc(Cl)cc3)ccc2C)cc1. The molecule has 0 saturated heterocycles. The van der Waals surface area contributed by atoms with E-state index in [1.54, 1.807) is 49.6 Å². The number of rotatable bonds is 7. The molecule has 0 saturated carbocycles.